The van der Waals surface area contributed by atoms with E-state index in [0.29, 0.717) is 41.7 Å². The fraction of sp³-hybridized carbons (Fsp3) is 0.464. The van der Waals surface area contributed by atoms with Gasteiger partial charge in [-0.1, -0.05) is 36.4 Å². The number of aromatic nitrogens is 1. The SMILES string of the molecule is C[C@H]1CN(Cc2ccccc2)C(=O)[C@H](C)N1c1nc2c(C(=O)NC3CN4CCC3CC4)cccc2o1. The normalized spacial score (nSPS) is 28.1. The monoisotopic (exact) mass is 487 g/mol. The maximum Gasteiger partial charge on any atom is 0.299 e. The Labute approximate surface area is 211 Å². The van der Waals surface area contributed by atoms with Crippen LogP contribution in [0.5, 0.6) is 0 Å². The van der Waals surface area contributed by atoms with Crippen molar-refractivity contribution in [3.8, 4) is 0 Å². The summed E-state index contributed by atoms with van der Waals surface area (Å²) in [6.45, 7) is 8.31. The number of amides is 2. The van der Waals surface area contributed by atoms with Gasteiger partial charge in [0.05, 0.1) is 5.56 Å². The van der Waals surface area contributed by atoms with Crippen LogP contribution in [0.1, 0.15) is 42.6 Å². The molecule has 4 aliphatic rings. The van der Waals surface area contributed by atoms with E-state index in [-0.39, 0.29) is 23.9 Å². The number of nitrogens with one attached hydrogen (secondary N) is 1. The molecule has 36 heavy (non-hydrogen) atoms. The molecule has 3 aromatic rings. The number of piperazine rings is 1. The lowest BCUT2D eigenvalue weighted by molar-refractivity contribution is -0.135. The van der Waals surface area contributed by atoms with E-state index >= 15 is 0 Å². The van der Waals surface area contributed by atoms with Gasteiger partial charge in [0.15, 0.2) is 5.58 Å². The summed E-state index contributed by atoms with van der Waals surface area (Å²) in [5.41, 5.74) is 2.74. The van der Waals surface area contributed by atoms with Crippen molar-refractivity contribution in [3.05, 3.63) is 59.7 Å². The fourth-order valence-corrected chi connectivity index (χ4v) is 6.17. The maximum absolute atomic E-state index is 13.3. The highest BCUT2D eigenvalue weighted by Crippen LogP contribution is 2.31. The zero-order valence-electron chi connectivity index (χ0n) is 20.9. The van der Waals surface area contributed by atoms with Crippen molar-refractivity contribution in [1.29, 1.82) is 0 Å². The highest BCUT2D eigenvalue weighted by Gasteiger charge is 2.39. The van der Waals surface area contributed by atoms with Gasteiger partial charge in [0.25, 0.3) is 11.9 Å². The van der Waals surface area contributed by atoms with Gasteiger partial charge in [-0.2, -0.15) is 4.98 Å². The molecule has 2 bridgehead atoms. The largest absolute Gasteiger partial charge is 0.423 e. The Hall–Kier alpha value is -3.39. The molecule has 0 radical (unpaired) electrons. The van der Waals surface area contributed by atoms with Crippen molar-refractivity contribution >= 4 is 28.9 Å². The third-order valence-electron chi connectivity index (χ3n) is 8.11. The van der Waals surface area contributed by atoms with E-state index in [0.717, 1.165) is 38.0 Å². The highest BCUT2D eigenvalue weighted by molar-refractivity contribution is 6.05. The Morgan fingerprint density at radius 2 is 1.83 bits per heavy atom. The molecule has 4 fully saturated rings. The van der Waals surface area contributed by atoms with Gasteiger partial charge in [-0.3, -0.25) is 9.59 Å². The summed E-state index contributed by atoms with van der Waals surface area (Å²) < 4.78 is 6.14. The van der Waals surface area contributed by atoms with Crippen LogP contribution in [-0.2, 0) is 11.3 Å². The van der Waals surface area contributed by atoms with Crippen LogP contribution < -0.4 is 10.2 Å². The van der Waals surface area contributed by atoms with Crippen molar-refractivity contribution in [2.45, 2.75) is 51.4 Å². The average molecular weight is 488 g/mol. The molecule has 5 heterocycles. The van der Waals surface area contributed by atoms with Gasteiger partial charge in [-0.05, 0) is 63.4 Å². The maximum atomic E-state index is 13.3. The molecule has 1 N–H and O–H groups in total. The van der Waals surface area contributed by atoms with Gasteiger partial charge in [0, 0.05) is 31.7 Å². The molecule has 0 aliphatic carbocycles. The van der Waals surface area contributed by atoms with Gasteiger partial charge in [-0.25, -0.2) is 0 Å². The van der Waals surface area contributed by atoms with Crippen LogP contribution in [0, 0.1) is 5.92 Å². The first-order chi connectivity index (χ1) is 17.5. The molecule has 3 atom stereocenters. The quantitative estimate of drug-likeness (QED) is 0.595. The Kier molecular flexibility index (Phi) is 5.91. The van der Waals surface area contributed by atoms with Gasteiger partial charge >= 0.3 is 0 Å². The van der Waals surface area contributed by atoms with E-state index in [1.807, 2.05) is 59.2 Å². The minimum Gasteiger partial charge on any atom is -0.423 e. The van der Waals surface area contributed by atoms with Crippen LogP contribution in [0.25, 0.3) is 11.1 Å². The number of anilines is 1. The summed E-state index contributed by atoms with van der Waals surface area (Å²) in [6.07, 6.45) is 2.28. The number of benzene rings is 2. The highest BCUT2D eigenvalue weighted by atomic mass is 16.4. The lowest BCUT2D eigenvalue weighted by atomic mass is 9.84. The summed E-state index contributed by atoms with van der Waals surface area (Å²) in [7, 11) is 0. The number of carbonyl (C=O) groups excluding carboxylic acids is 2. The van der Waals surface area contributed by atoms with Crippen molar-refractivity contribution in [1.82, 2.24) is 20.1 Å². The van der Waals surface area contributed by atoms with Gasteiger partial charge in [0.1, 0.15) is 11.6 Å². The third kappa shape index (κ3) is 4.13. The fourth-order valence-electron chi connectivity index (χ4n) is 6.17. The Bertz CT molecular complexity index is 1270. The summed E-state index contributed by atoms with van der Waals surface area (Å²) in [5.74, 6) is 0.481. The van der Waals surface area contributed by atoms with Gasteiger partial charge < -0.3 is 24.4 Å². The smallest absolute Gasteiger partial charge is 0.299 e. The molecule has 8 nitrogen and oxygen atoms in total. The van der Waals surface area contributed by atoms with Crippen molar-refractivity contribution in [2.24, 2.45) is 5.92 Å². The average Bonchev–Trinajstić information content (AvgIpc) is 3.32. The van der Waals surface area contributed by atoms with Crippen LogP contribution in [0.4, 0.5) is 6.01 Å². The topological polar surface area (TPSA) is 81.9 Å². The molecular formula is C28H33N5O3. The molecule has 1 unspecified atom stereocenters. The first-order valence-electron chi connectivity index (χ1n) is 13.0. The zero-order valence-corrected chi connectivity index (χ0v) is 20.9. The van der Waals surface area contributed by atoms with Crippen LogP contribution in [0.3, 0.4) is 0 Å². The van der Waals surface area contributed by atoms with E-state index in [2.05, 4.69) is 17.1 Å². The second-order valence-corrected chi connectivity index (χ2v) is 10.5. The molecule has 7 rings (SSSR count). The van der Waals surface area contributed by atoms with E-state index in [9.17, 15) is 9.59 Å². The van der Waals surface area contributed by atoms with E-state index in [4.69, 9.17) is 9.40 Å². The van der Waals surface area contributed by atoms with Crippen molar-refractivity contribution in [3.63, 3.8) is 0 Å². The number of rotatable bonds is 5. The molecule has 0 spiro atoms. The second-order valence-electron chi connectivity index (χ2n) is 10.5. The number of piperidine rings is 3. The molecular weight excluding hydrogens is 454 g/mol. The predicted octanol–water partition coefficient (Wildman–Crippen LogP) is 3.28. The standard InChI is InChI=1S/C28H33N5O3/c1-18-15-32(16-20-7-4-3-5-8-20)27(35)19(2)33(18)28-30-25-22(9-6-10-24(25)36-28)26(34)29-23-17-31-13-11-21(23)12-14-31/h3-10,18-19,21,23H,11-17H2,1-2H3,(H,29,34)/t18-,19-,23?/m0/s1. The zero-order chi connectivity index (χ0) is 24.8. The predicted molar refractivity (Wildman–Crippen MR) is 138 cm³/mol. The van der Waals surface area contributed by atoms with Gasteiger partial charge in [-0.15, -0.1) is 0 Å². The van der Waals surface area contributed by atoms with E-state index in [1.54, 1.807) is 6.07 Å². The minimum atomic E-state index is -0.422. The van der Waals surface area contributed by atoms with E-state index in [1.165, 1.54) is 0 Å². The minimum absolute atomic E-state index is 0.0126. The summed E-state index contributed by atoms with van der Waals surface area (Å²) >= 11 is 0. The Morgan fingerprint density at radius 3 is 2.56 bits per heavy atom. The van der Waals surface area contributed by atoms with E-state index < -0.39 is 6.04 Å². The summed E-state index contributed by atoms with van der Waals surface area (Å²) in [4.78, 5) is 37.6. The Balaban J connectivity index is 1.22. The molecule has 2 amide bonds. The third-order valence-corrected chi connectivity index (χ3v) is 8.11. The molecule has 4 aliphatic heterocycles. The number of hydrogen-bond donors (Lipinski definition) is 1. The molecule has 1 aromatic heterocycles. The molecule has 8 heteroatoms. The number of para-hydroxylation sites is 1. The van der Waals surface area contributed by atoms with Crippen LogP contribution in [0.15, 0.2) is 52.9 Å². The van der Waals surface area contributed by atoms with Gasteiger partial charge in [0.2, 0.25) is 5.91 Å². The van der Waals surface area contributed by atoms with Crippen LogP contribution >= 0.6 is 0 Å². The first kappa shape index (κ1) is 23.0. The molecule has 4 saturated heterocycles. The number of nitrogens with zero attached hydrogens (tertiary/aromatic N) is 4. The second kappa shape index (κ2) is 9.24. The number of carbonyl (C=O) groups is 2. The summed E-state index contributed by atoms with van der Waals surface area (Å²) in [6, 6.07) is 15.7. The van der Waals surface area contributed by atoms with Crippen LogP contribution in [-0.4, -0.2) is 70.9 Å². The number of hydrogen-bond acceptors (Lipinski definition) is 6. The number of oxazole rings is 1. The van der Waals surface area contributed by atoms with Crippen LogP contribution in [0.2, 0.25) is 0 Å². The Morgan fingerprint density at radius 1 is 1.06 bits per heavy atom. The molecule has 2 aromatic carbocycles. The first-order valence-corrected chi connectivity index (χ1v) is 13.0. The lowest BCUT2D eigenvalue weighted by Crippen LogP contribution is -2.60. The van der Waals surface area contributed by atoms with Crippen molar-refractivity contribution < 1.29 is 14.0 Å². The molecule has 0 saturated carbocycles. The molecule has 188 valence electrons. The number of fused-ring (bicyclic) bond motifs is 4. The summed E-state index contributed by atoms with van der Waals surface area (Å²) in [5, 5.41) is 3.26. The van der Waals surface area contributed by atoms with Crippen molar-refractivity contribution in [2.75, 3.05) is 31.1 Å². The lowest BCUT2D eigenvalue weighted by Gasteiger charge is -2.44.